The van der Waals surface area contributed by atoms with E-state index in [2.05, 4.69) is 15.3 Å². The summed E-state index contributed by atoms with van der Waals surface area (Å²) in [5.74, 6) is -0.776. The molecule has 0 fully saturated rings. The van der Waals surface area contributed by atoms with Gasteiger partial charge in [-0.2, -0.15) is 0 Å². The first-order chi connectivity index (χ1) is 14.5. The Morgan fingerprint density at radius 2 is 1.97 bits per heavy atom. The fourth-order valence-electron chi connectivity index (χ4n) is 2.67. The molecule has 2 heterocycles. The highest BCUT2D eigenvalue weighted by molar-refractivity contribution is 5.95. The Bertz CT molecular complexity index is 1070. The highest BCUT2D eigenvalue weighted by Crippen LogP contribution is 2.23. The zero-order valence-corrected chi connectivity index (χ0v) is 16.5. The molecule has 154 valence electrons. The van der Waals surface area contributed by atoms with Crippen molar-refractivity contribution < 1.29 is 23.5 Å². The van der Waals surface area contributed by atoms with Crippen molar-refractivity contribution >= 4 is 11.9 Å². The lowest BCUT2D eigenvalue weighted by atomic mass is 10.2. The molecule has 0 aliphatic heterocycles. The molecule has 3 rings (SSSR count). The average Bonchev–Trinajstić information content (AvgIpc) is 2.73. The van der Waals surface area contributed by atoms with Crippen LogP contribution in [0, 0.1) is 12.7 Å². The van der Waals surface area contributed by atoms with Crippen molar-refractivity contribution in [1.29, 1.82) is 0 Å². The van der Waals surface area contributed by atoms with Crippen LogP contribution in [-0.4, -0.2) is 28.5 Å². The van der Waals surface area contributed by atoms with Crippen LogP contribution in [0.4, 0.5) is 4.39 Å². The first kappa shape index (κ1) is 20.9. The normalized spacial score (nSPS) is 10.4. The minimum absolute atomic E-state index is 0.123. The summed E-state index contributed by atoms with van der Waals surface area (Å²) in [6.45, 7) is 3.73. The van der Waals surface area contributed by atoms with E-state index in [0.717, 1.165) is 0 Å². The number of hydrogen-bond donors (Lipinski definition) is 1. The molecule has 8 heteroatoms. The second-order valence-corrected chi connectivity index (χ2v) is 6.26. The first-order valence-electron chi connectivity index (χ1n) is 9.28. The lowest BCUT2D eigenvalue weighted by Gasteiger charge is -2.11. The smallest absolute Gasteiger partial charge is 0.339 e. The van der Waals surface area contributed by atoms with E-state index in [0.29, 0.717) is 22.6 Å². The summed E-state index contributed by atoms with van der Waals surface area (Å²) in [4.78, 5) is 32.7. The van der Waals surface area contributed by atoms with Crippen molar-refractivity contribution in [3.63, 3.8) is 0 Å². The number of ether oxygens (including phenoxy) is 2. The number of hydrogen-bond acceptors (Lipinski definition) is 6. The number of aryl methyl sites for hydroxylation is 1. The number of carbonyl (C=O) groups is 2. The number of esters is 1. The molecule has 0 aliphatic rings. The average molecular weight is 409 g/mol. The molecule has 1 amide bonds. The summed E-state index contributed by atoms with van der Waals surface area (Å²) in [6.07, 6.45) is 1.54. The van der Waals surface area contributed by atoms with E-state index in [1.54, 1.807) is 38.2 Å². The fourth-order valence-corrected chi connectivity index (χ4v) is 2.67. The van der Waals surface area contributed by atoms with Gasteiger partial charge in [0.25, 0.3) is 5.91 Å². The van der Waals surface area contributed by atoms with Gasteiger partial charge in [-0.1, -0.05) is 12.1 Å². The van der Waals surface area contributed by atoms with Crippen LogP contribution in [0.15, 0.2) is 54.7 Å². The lowest BCUT2D eigenvalue weighted by Crippen LogP contribution is -2.24. The van der Waals surface area contributed by atoms with E-state index in [-0.39, 0.29) is 24.7 Å². The second-order valence-electron chi connectivity index (χ2n) is 6.26. The Morgan fingerprint density at radius 3 is 2.70 bits per heavy atom. The molecule has 0 aliphatic carbocycles. The quantitative estimate of drug-likeness (QED) is 0.597. The molecule has 0 spiro atoms. The summed E-state index contributed by atoms with van der Waals surface area (Å²) < 4.78 is 24.0. The van der Waals surface area contributed by atoms with Crippen molar-refractivity contribution in [2.75, 3.05) is 6.61 Å². The van der Waals surface area contributed by atoms with Crippen molar-refractivity contribution in [2.24, 2.45) is 0 Å². The minimum atomic E-state index is -0.482. The first-order valence-corrected chi connectivity index (χ1v) is 9.28. The molecule has 0 radical (unpaired) electrons. The predicted molar refractivity (Wildman–Crippen MR) is 107 cm³/mol. The maximum Gasteiger partial charge on any atom is 0.339 e. The monoisotopic (exact) mass is 409 g/mol. The van der Waals surface area contributed by atoms with Gasteiger partial charge < -0.3 is 14.8 Å². The Kier molecular flexibility index (Phi) is 6.69. The zero-order chi connectivity index (χ0) is 21.5. The molecule has 1 N–H and O–H groups in total. The molecule has 30 heavy (non-hydrogen) atoms. The molecule has 1 aromatic carbocycles. The number of benzene rings is 1. The molecule has 0 unspecified atom stereocenters. The minimum Gasteiger partial charge on any atom is -0.462 e. The van der Waals surface area contributed by atoms with Crippen LogP contribution in [0.25, 0.3) is 0 Å². The molecule has 0 atom stereocenters. The third-order valence-electron chi connectivity index (χ3n) is 4.11. The SMILES string of the molecule is CCOC(=O)c1ccc(C(=O)NCc2cccnc2Oc2cccc(F)c2)nc1C. The van der Waals surface area contributed by atoms with E-state index in [4.69, 9.17) is 9.47 Å². The molecule has 0 bridgehead atoms. The molecular weight excluding hydrogens is 389 g/mol. The summed E-state index contributed by atoms with van der Waals surface area (Å²) >= 11 is 0. The largest absolute Gasteiger partial charge is 0.462 e. The number of halogens is 1. The highest BCUT2D eigenvalue weighted by Gasteiger charge is 2.15. The van der Waals surface area contributed by atoms with Gasteiger partial charge in [-0.15, -0.1) is 0 Å². The Labute approximate surface area is 172 Å². The van der Waals surface area contributed by atoms with E-state index in [9.17, 15) is 14.0 Å². The Morgan fingerprint density at radius 1 is 1.13 bits per heavy atom. The van der Waals surface area contributed by atoms with Gasteiger partial charge in [-0.25, -0.2) is 19.2 Å². The number of carbonyl (C=O) groups excluding carboxylic acids is 2. The van der Waals surface area contributed by atoms with Gasteiger partial charge in [0, 0.05) is 24.4 Å². The Balaban J connectivity index is 1.69. The summed E-state index contributed by atoms with van der Waals surface area (Å²) in [6, 6.07) is 12.1. The fraction of sp³-hybridized carbons (Fsp3) is 0.182. The molecule has 2 aromatic heterocycles. The van der Waals surface area contributed by atoms with Gasteiger partial charge in [0.1, 0.15) is 17.3 Å². The number of aromatic nitrogens is 2. The summed E-state index contributed by atoms with van der Waals surface area (Å²) in [5, 5.41) is 2.74. The van der Waals surface area contributed by atoms with Gasteiger partial charge in [0.05, 0.1) is 17.9 Å². The van der Waals surface area contributed by atoms with Gasteiger partial charge in [-0.3, -0.25) is 4.79 Å². The highest BCUT2D eigenvalue weighted by atomic mass is 19.1. The van der Waals surface area contributed by atoms with Crippen molar-refractivity contribution in [3.05, 3.63) is 83.1 Å². The molecule has 7 nitrogen and oxygen atoms in total. The molecule has 0 saturated carbocycles. The van der Waals surface area contributed by atoms with Gasteiger partial charge in [0.15, 0.2) is 0 Å². The van der Waals surface area contributed by atoms with E-state index in [1.165, 1.54) is 30.3 Å². The van der Waals surface area contributed by atoms with E-state index in [1.807, 2.05) is 0 Å². The van der Waals surface area contributed by atoms with Crippen LogP contribution in [0.2, 0.25) is 0 Å². The number of pyridine rings is 2. The number of rotatable bonds is 7. The van der Waals surface area contributed by atoms with Gasteiger partial charge in [-0.05, 0) is 44.2 Å². The topological polar surface area (TPSA) is 90.4 Å². The van der Waals surface area contributed by atoms with Crippen LogP contribution in [0.5, 0.6) is 11.6 Å². The van der Waals surface area contributed by atoms with Crippen molar-refractivity contribution in [1.82, 2.24) is 15.3 Å². The Hall–Kier alpha value is -3.81. The van der Waals surface area contributed by atoms with Gasteiger partial charge >= 0.3 is 5.97 Å². The maximum absolute atomic E-state index is 13.4. The van der Waals surface area contributed by atoms with Gasteiger partial charge in [0.2, 0.25) is 5.88 Å². The third-order valence-corrected chi connectivity index (χ3v) is 4.11. The van der Waals surface area contributed by atoms with E-state index >= 15 is 0 Å². The lowest BCUT2D eigenvalue weighted by molar-refractivity contribution is 0.0524. The second kappa shape index (κ2) is 9.60. The standard InChI is InChI=1S/C22H20FN3O4/c1-3-29-22(28)18-9-10-19(26-14(18)2)20(27)25-13-15-6-5-11-24-21(15)30-17-8-4-7-16(23)12-17/h4-12H,3,13H2,1-2H3,(H,25,27). The molecular formula is C22H20FN3O4. The number of nitrogens with zero attached hydrogens (tertiary/aromatic N) is 2. The van der Waals surface area contributed by atoms with Crippen molar-refractivity contribution in [3.8, 4) is 11.6 Å². The van der Waals surface area contributed by atoms with Crippen LogP contribution in [0.1, 0.15) is 39.0 Å². The number of nitrogens with one attached hydrogen (secondary N) is 1. The molecule has 3 aromatic rings. The summed E-state index contributed by atoms with van der Waals surface area (Å²) in [5.41, 5.74) is 1.48. The van der Waals surface area contributed by atoms with Crippen LogP contribution in [-0.2, 0) is 11.3 Å². The van der Waals surface area contributed by atoms with Crippen LogP contribution >= 0.6 is 0 Å². The predicted octanol–water partition coefficient (Wildman–Crippen LogP) is 3.82. The zero-order valence-electron chi connectivity index (χ0n) is 16.5. The number of amides is 1. The molecule has 0 saturated heterocycles. The van der Waals surface area contributed by atoms with Crippen LogP contribution < -0.4 is 10.1 Å². The summed E-state index contributed by atoms with van der Waals surface area (Å²) in [7, 11) is 0. The third kappa shape index (κ3) is 5.16. The maximum atomic E-state index is 13.4. The van der Waals surface area contributed by atoms with E-state index < -0.39 is 17.7 Å². The van der Waals surface area contributed by atoms with Crippen molar-refractivity contribution in [2.45, 2.75) is 20.4 Å². The van der Waals surface area contributed by atoms with Crippen LogP contribution in [0.3, 0.4) is 0 Å².